The van der Waals surface area contributed by atoms with Crippen LogP contribution in [0.2, 0.25) is 5.02 Å². The molecule has 0 spiro atoms. The van der Waals surface area contributed by atoms with Crippen molar-refractivity contribution in [3.63, 3.8) is 0 Å². The minimum Gasteiger partial charge on any atom is -0.399 e. The monoisotopic (exact) mass is 413 g/mol. The van der Waals surface area contributed by atoms with Gasteiger partial charge in [-0.2, -0.15) is 5.10 Å². The number of nitrogen functional groups attached to an aromatic ring is 1. The Labute approximate surface area is 170 Å². The Balaban J connectivity index is 1.72. The molecule has 0 bridgehead atoms. The molecule has 0 aliphatic rings. The maximum atomic E-state index is 12.1. The van der Waals surface area contributed by atoms with E-state index in [9.17, 15) is 9.59 Å². The molecule has 3 aromatic rings. The molecule has 3 rings (SSSR count). The normalized spacial score (nSPS) is 10.8. The standard InChI is InChI=1S/C19H16ClN5O2S/c1-12(26)25(17-4-2-3-14(20)9-17)19-23-16(11-28-19)10-22-24-18(27)13-5-7-15(21)8-6-13/h2-11H,21H2,1H3,(H,24,27)/b22-10-. The number of carbonyl (C=O) groups excluding carboxylic acids is 2. The molecule has 0 radical (unpaired) electrons. The average molecular weight is 414 g/mol. The fourth-order valence-corrected chi connectivity index (χ4v) is 3.36. The quantitative estimate of drug-likeness (QED) is 0.377. The number of carbonyl (C=O) groups is 2. The van der Waals surface area contributed by atoms with Crippen molar-refractivity contribution in [1.82, 2.24) is 10.4 Å². The van der Waals surface area contributed by atoms with Crippen LogP contribution in [0.3, 0.4) is 0 Å². The third-order valence-electron chi connectivity index (χ3n) is 3.62. The van der Waals surface area contributed by atoms with Crippen LogP contribution in [0.1, 0.15) is 23.0 Å². The van der Waals surface area contributed by atoms with Gasteiger partial charge in [0, 0.05) is 28.6 Å². The van der Waals surface area contributed by atoms with Crippen molar-refractivity contribution < 1.29 is 9.59 Å². The van der Waals surface area contributed by atoms with E-state index in [4.69, 9.17) is 17.3 Å². The molecule has 0 saturated carbocycles. The van der Waals surface area contributed by atoms with E-state index in [1.54, 1.807) is 53.9 Å². The van der Waals surface area contributed by atoms with Crippen molar-refractivity contribution in [2.45, 2.75) is 6.92 Å². The Morgan fingerprint density at radius 3 is 2.68 bits per heavy atom. The lowest BCUT2D eigenvalue weighted by atomic mass is 10.2. The summed E-state index contributed by atoms with van der Waals surface area (Å²) in [7, 11) is 0. The average Bonchev–Trinajstić information content (AvgIpc) is 3.10. The molecule has 0 unspecified atom stereocenters. The molecule has 28 heavy (non-hydrogen) atoms. The molecule has 3 N–H and O–H groups in total. The fourth-order valence-electron chi connectivity index (χ4n) is 2.34. The second-order valence-corrected chi connectivity index (χ2v) is 6.98. The number of nitrogens with two attached hydrogens (primary N) is 1. The highest BCUT2D eigenvalue weighted by Crippen LogP contribution is 2.30. The first-order valence-corrected chi connectivity index (χ1v) is 9.40. The number of nitrogens with zero attached hydrogens (tertiary/aromatic N) is 3. The summed E-state index contributed by atoms with van der Waals surface area (Å²) >= 11 is 7.30. The lowest BCUT2D eigenvalue weighted by molar-refractivity contribution is -0.115. The third-order valence-corrected chi connectivity index (χ3v) is 4.70. The van der Waals surface area contributed by atoms with Crippen LogP contribution in [0.4, 0.5) is 16.5 Å². The highest BCUT2D eigenvalue weighted by molar-refractivity contribution is 7.14. The minimum absolute atomic E-state index is 0.197. The second-order valence-electron chi connectivity index (χ2n) is 5.71. The summed E-state index contributed by atoms with van der Waals surface area (Å²) < 4.78 is 0. The molecule has 0 fully saturated rings. The number of anilines is 3. The van der Waals surface area contributed by atoms with E-state index in [-0.39, 0.29) is 11.8 Å². The van der Waals surface area contributed by atoms with Crippen LogP contribution in [0.15, 0.2) is 59.0 Å². The van der Waals surface area contributed by atoms with Crippen LogP contribution in [-0.4, -0.2) is 23.0 Å². The van der Waals surface area contributed by atoms with Crippen LogP contribution in [0.25, 0.3) is 0 Å². The number of nitrogens with one attached hydrogen (secondary N) is 1. The van der Waals surface area contributed by atoms with Gasteiger partial charge in [0.05, 0.1) is 17.6 Å². The number of thiazole rings is 1. The minimum atomic E-state index is -0.365. The number of hydrazone groups is 1. The lowest BCUT2D eigenvalue weighted by Crippen LogP contribution is -2.22. The van der Waals surface area contributed by atoms with Gasteiger partial charge in [-0.15, -0.1) is 11.3 Å². The van der Waals surface area contributed by atoms with E-state index in [2.05, 4.69) is 15.5 Å². The van der Waals surface area contributed by atoms with Gasteiger partial charge in [-0.3, -0.25) is 14.5 Å². The molecule has 2 amide bonds. The largest absolute Gasteiger partial charge is 0.399 e. The van der Waals surface area contributed by atoms with E-state index >= 15 is 0 Å². The molecule has 0 aliphatic heterocycles. The molecular formula is C19H16ClN5O2S. The van der Waals surface area contributed by atoms with Crippen molar-refractivity contribution in [2.75, 3.05) is 10.6 Å². The van der Waals surface area contributed by atoms with Crippen LogP contribution >= 0.6 is 22.9 Å². The maximum absolute atomic E-state index is 12.1. The van der Waals surface area contributed by atoms with Crippen molar-refractivity contribution in [1.29, 1.82) is 0 Å². The first-order valence-electron chi connectivity index (χ1n) is 8.15. The van der Waals surface area contributed by atoms with Gasteiger partial charge in [0.15, 0.2) is 5.13 Å². The molecule has 142 valence electrons. The molecule has 1 heterocycles. The van der Waals surface area contributed by atoms with Crippen molar-refractivity contribution in [3.05, 3.63) is 70.2 Å². The SMILES string of the molecule is CC(=O)N(c1cccc(Cl)c1)c1nc(/C=N\NC(=O)c2ccc(N)cc2)cs1. The number of aromatic nitrogens is 1. The number of rotatable bonds is 5. The zero-order chi connectivity index (χ0) is 20.1. The Bertz CT molecular complexity index is 1030. The molecular weight excluding hydrogens is 398 g/mol. The van der Waals surface area contributed by atoms with Crippen molar-refractivity contribution >= 4 is 57.5 Å². The summed E-state index contributed by atoms with van der Waals surface area (Å²) in [6.45, 7) is 1.45. The predicted molar refractivity (Wildman–Crippen MR) is 112 cm³/mol. The number of benzene rings is 2. The summed E-state index contributed by atoms with van der Waals surface area (Å²) in [4.78, 5) is 30.0. The molecule has 2 aromatic carbocycles. The van der Waals surface area contributed by atoms with Crippen molar-refractivity contribution in [3.8, 4) is 0 Å². The fraction of sp³-hybridized carbons (Fsp3) is 0.0526. The summed E-state index contributed by atoms with van der Waals surface area (Å²) in [5.74, 6) is -0.562. The van der Waals surface area contributed by atoms with E-state index in [1.807, 2.05) is 0 Å². The second kappa shape index (κ2) is 8.64. The summed E-state index contributed by atoms with van der Waals surface area (Å²) in [6.07, 6.45) is 1.41. The number of amides is 2. The van der Waals surface area contributed by atoms with Gasteiger partial charge in [-0.25, -0.2) is 10.4 Å². The Kier molecular flexibility index (Phi) is 6.03. The van der Waals surface area contributed by atoms with E-state index in [0.29, 0.717) is 32.8 Å². The van der Waals surface area contributed by atoms with Crippen LogP contribution in [-0.2, 0) is 4.79 Å². The first kappa shape index (κ1) is 19.5. The van der Waals surface area contributed by atoms with E-state index in [1.165, 1.54) is 29.4 Å². The number of hydrogen-bond donors (Lipinski definition) is 2. The number of hydrogen-bond acceptors (Lipinski definition) is 6. The molecule has 9 heteroatoms. The summed E-state index contributed by atoms with van der Waals surface area (Å²) in [5.41, 5.74) is 10.2. The Morgan fingerprint density at radius 1 is 1.25 bits per heavy atom. The molecule has 1 aromatic heterocycles. The highest BCUT2D eigenvalue weighted by Gasteiger charge is 2.18. The lowest BCUT2D eigenvalue weighted by Gasteiger charge is -2.18. The van der Waals surface area contributed by atoms with Gasteiger partial charge in [0.25, 0.3) is 5.91 Å². The van der Waals surface area contributed by atoms with E-state index in [0.717, 1.165) is 0 Å². The van der Waals surface area contributed by atoms with Gasteiger partial charge in [0.1, 0.15) is 0 Å². The predicted octanol–water partition coefficient (Wildman–Crippen LogP) is 3.83. The zero-order valence-corrected chi connectivity index (χ0v) is 16.4. The zero-order valence-electron chi connectivity index (χ0n) is 14.8. The summed E-state index contributed by atoms with van der Waals surface area (Å²) in [5, 5.41) is 6.63. The first-order chi connectivity index (χ1) is 13.4. The Hall–Kier alpha value is -3.23. The van der Waals surface area contributed by atoms with Gasteiger partial charge in [-0.05, 0) is 42.5 Å². The molecule has 0 atom stereocenters. The third kappa shape index (κ3) is 4.73. The topological polar surface area (TPSA) is 101 Å². The van der Waals surface area contributed by atoms with Gasteiger partial charge in [0.2, 0.25) is 5.91 Å². The highest BCUT2D eigenvalue weighted by atomic mass is 35.5. The smallest absolute Gasteiger partial charge is 0.271 e. The van der Waals surface area contributed by atoms with Gasteiger partial charge < -0.3 is 5.73 Å². The van der Waals surface area contributed by atoms with E-state index < -0.39 is 0 Å². The molecule has 0 saturated heterocycles. The van der Waals surface area contributed by atoms with Crippen LogP contribution < -0.4 is 16.1 Å². The van der Waals surface area contributed by atoms with Crippen molar-refractivity contribution in [2.24, 2.45) is 5.10 Å². The van der Waals surface area contributed by atoms with Gasteiger partial charge in [-0.1, -0.05) is 17.7 Å². The number of halogens is 1. The van der Waals surface area contributed by atoms with Crippen LogP contribution in [0, 0.1) is 0 Å². The summed E-state index contributed by atoms with van der Waals surface area (Å²) in [6, 6.07) is 13.4. The maximum Gasteiger partial charge on any atom is 0.271 e. The Morgan fingerprint density at radius 2 is 2.00 bits per heavy atom. The van der Waals surface area contributed by atoms with Gasteiger partial charge >= 0.3 is 0 Å². The van der Waals surface area contributed by atoms with Crippen LogP contribution in [0.5, 0.6) is 0 Å². The molecule has 7 nitrogen and oxygen atoms in total. The molecule has 0 aliphatic carbocycles.